The zero-order chi connectivity index (χ0) is 20.4. The number of benzene rings is 2. The molecule has 0 radical (unpaired) electrons. The van der Waals surface area contributed by atoms with Gasteiger partial charge in [-0.3, -0.25) is 9.59 Å². The lowest BCUT2D eigenvalue weighted by Gasteiger charge is -2.22. The van der Waals surface area contributed by atoms with Crippen LogP contribution in [0.5, 0.6) is 5.75 Å². The Morgan fingerprint density at radius 2 is 1.90 bits per heavy atom. The number of methoxy groups -OCH3 is 1. The molecule has 0 bridgehead atoms. The smallest absolute Gasteiger partial charge is 0.294 e. The van der Waals surface area contributed by atoms with E-state index in [0.29, 0.717) is 22.5 Å². The van der Waals surface area contributed by atoms with Gasteiger partial charge in [0.1, 0.15) is 5.75 Å². The Balaban J connectivity index is 1.75. The number of carbonyl (C=O) groups is 1. The first-order valence-electron chi connectivity index (χ1n) is 9.17. The van der Waals surface area contributed by atoms with Crippen LogP contribution in [0.1, 0.15) is 21.7 Å². The first-order valence-corrected chi connectivity index (χ1v) is 9.17. The van der Waals surface area contributed by atoms with E-state index >= 15 is 0 Å². The third kappa shape index (κ3) is 3.78. The number of hydrogen-bond acceptors (Lipinski definition) is 4. The molecule has 2 aromatic heterocycles. The summed E-state index contributed by atoms with van der Waals surface area (Å²) in [4.78, 5) is 30.2. The van der Waals surface area contributed by atoms with Crippen molar-refractivity contribution in [2.75, 3.05) is 12.0 Å². The van der Waals surface area contributed by atoms with Crippen molar-refractivity contribution < 1.29 is 13.9 Å². The van der Waals surface area contributed by atoms with Gasteiger partial charge in [0, 0.05) is 17.3 Å². The van der Waals surface area contributed by atoms with Crippen molar-refractivity contribution in [3.63, 3.8) is 0 Å². The number of H-pyrrole nitrogens is 1. The number of aromatic amines is 1. The molecule has 0 unspecified atom stereocenters. The largest absolute Gasteiger partial charge is 0.497 e. The standard InChI is InChI=1S/C23H20N2O4/c1-15-5-8-18(9-6-15)25(23(27)21-4-3-11-29-21)14-17-12-16-7-10-19(28-2)13-20(16)24-22(17)26/h3-13H,14H2,1-2H3,(H,24,26). The normalized spacial score (nSPS) is 10.8. The fourth-order valence-electron chi connectivity index (χ4n) is 3.18. The topological polar surface area (TPSA) is 75.5 Å². The van der Waals surface area contributed by atoms with Gasteiger partial charge in [-0.05, 0) is 54.8 Å². The molecule has 0 spiro atoms. The summed E-state index contributed by atoms with van der Waals surface area (Å²) >= 11 is 0. The van der Waals surface area contributed by atoms with E-state index in [-0.39, 0.29) is 23.8 Å². The number of anilines is 1. The summed E-state index contributed by atoms with van der Waals surface area (Å²) < 4.78 is 10.5. The fraction of sp³-hybridized carbons (Fsp3) is 0.130. The van der Waals surface area contributed by atoms with Gasteiger partial charge in [-0.1, -0.05) is 17.7 Å². The number of ether oxygens (including phenoxy) is 1. The molecule has 0 aliphatic rings. The maximum Gasteiger partial charge on any atom is 0.294 e. The summed E-state index contributed by atoms with van der Waals surface area (Å²) in [7, 11) is 1.58. The number of amides is 1. The van der Waals surface area contributed by atoms with Gasteiger partial charge in [0.2, 0.25) is 0 Å². The summed E-state index contributed by atoms with van der Waals surface area (Å²) in [6.07, 6.45) is 1.46. The van der Waals surface area contributed by atoms with E-state index in [9.17, 15) is 9.59 Å². The van der Waals surface area contributed by atoms with Crippen molar-refractivity contribution >= 4 is 22.5 Å². The second kappa shape index (κ2) is 7.67. The zero-order valence-corrected chi connectivity index (χ0v) is 16.1. The van der Waals surface area contributed by atoms with Crippen LogP contribution in [0.2, 0.25) is 0 Å². The minimum absolute atomic E-state index is 0.111. The minimum atomic E-state index is -0.312. The van der Waals surface area contributed by atoms with Crippen LogP contribution in [-0.4, -0.2) is 18.0 Å². The maximum absolute atomic E-state index is 13.1. The number of hydrogen-bond donors (Lipinski definition) is 1. The fourth-order valence-corrected chi connectivity index (χ4v) is 3.18. The SMILES string of the molecule is COc1ccc2cc(CN(C(=O)c3ccco3)c3ccc(C)cc3)c(=O)[nH]c2c1. The number of pyridine rings is 1. The predicted molar refractivity (Wildman–Crippen MR) is 112 cm³/mol. The van der Waals surface area contributed by atoms with Crippen molar-refractivity contribution in [2.24, 2.45) is 0 Å². The number of aryl methyl sites for hydroxylation is 1. The van der Waals surface area contributed by atoms with Crippen molar-refractivity contribution in [3.05, 3.63) is 94.2 Å². The molecule has 2 aromatic carbocycles. The lowest BCUT2D eigenvalue weighted by atomic mass is 10.1. The van der Waals surface area contributed by atoms with Crippen LogP contribution >= 0.6 is 0 Å². The highest BCUT2D eigenvalue weighted by atomic mass is 16.5. The summed E-state index contributed by atoms with van der Waals surface area (Å²) in [6, 6.07) is 18.1. The molecule has 29 heavy (non-hydrogen) atoms. The molecule has 0 saturated heterocycles. The van der Waals surface area contributed by atoms with Gasteiger partial charge in [-0.15, -0.1) is 0 Å². The summed E-state index contributed by atoms with van der Waals surface area (Å²) in [6.45, 7) is 2.09. The third-order valence-corrected chi connectivity index (χ3v) is 4.78. The Bertz CT molecular complexity index is 1210. The van der Waals surface area contributed by atoms with Crippen LogP contribution in [0.25, 0.3) is 10.9 Å². The van der Waals surface area contributed by atoms with Crippen molar-refractivity contribution in [3.8, 4) is 5.75 Å². The van der Waals surface area contributed by atoms with Crippen molar-refractivity contribution in [2.45, 2.75) is 13.5 Å². The minimum Gasteiger partial charge on any atom is -0.497 e. The monoisotopic (exact) mass is 388 g/mol. The molecule has 4 rings (SSSR count). The second-order valence-electron chi connectivity index (χ2n) is 6.78. The summed E-state index contributed by atoms with van der Waals surface area (Å²) in [5.74, 6) is 0.566. The number of aromatic nitrogens is 1. The average Bonchev–Trinajstić information content (AvgIpc) is 3.27. The molecular formula is C23H20N2O4. The van der Waals surface area contributed by atoms with Crippen LogP contribution in [0.3, 0.4) is 0 Å². The number of rotatable bonds is 5. The van der Waals surface area contributed by atoms with Crippen molar-refractivity contribution in [1.29, 1.82) is 0 Å². The van der Waals surface area contributed by atoms with Gasteiger partial charge in [0.15, 0.2) is 5.76 Å². The van der Waals surface area contributed by atoms with E-state index in [1.807, 2.05) is 43.3 Å². The molecule has 6 nitrogen and oxygen atoms in total. The molecule has 0 fully saturated rings. The Labute approximate surface area is 167 Å². The predicted octanol–water partition coefficient (Wildman–Crippen LogP) is 4.29. The molecule has 6 heteroatoms. The summed E-state index contributed by atoms with van der Waals surface area (Å²) in [5.41, 5.74) is 2.67. The number of fused-ring (bicyclic) bond motifs is 1. The molecule has 1 amide bonds. The third-order valence-electron chi connectivity index (χ3n) is 4.78. The van der Waals surface area contributed by atoms with Crippen molar-refractivity contribution in [1.82, 2.24) is 4.98 Å². The summed E-state index contributed by atoms with van der Waals surface area (Å²) in [5, 5.41) is 0.856. The molecule has 0 saturated carbocycles. The highest BCUT2D eigenvalue weighted by Crippen LogP contribution is 2.23. The van der Waals surface area contributed by atoms with E-state index in [1.165, 1.54) is 11.2 Å². The van der Waals surface area contributed by atoms with Crippen LogP contribution < -0.4 is 15.2 Å². The number of nitrogens with zero attached hydrogens (tertiary/aromatic N) is 1. The highest BCUT2D eigenvalue weighted by molar-refractivity contribution is 6.04. The molecule has 4 aromatic rings. The van der Waals surface area contributed by atoms with Gasteiger partial charge in [-0.2, -0.15) is 0 Å². The number of furan rings is 1. The van der Waals surface area contributed by atoms with Crippen LogP contribution in [0.15, 0.2) is 76.1 Å². The van der Waals surface area contributed by atoms with Gasteiger partial charge >= 0.3 is 0 Å². The molecule has 0 aliphatic carbocycles. The molecule has 1 N–H and O–H groups in total. The lowest BCUT2D eigenvalue weighted by Crippen LogP contribution is -2.32. The van der Waals surface area contributed by atoms with E-state index in [1.54, 1.807) is 31.4 Å². The molecule has 0 aliphatic heterocycles. The highest BCUT2D eigenvalue weighted by Gasteiger charge is 2.22. The lowest BCUT2D eigenvalue weighted by molar-refractivity contribution is 0.0958. The van der Waals surface area contributed by atoms with Crippen LogP contribution in [-0.2, 0) is 6.54 Å². The second-order valence-corrected chi connectivity index (χ2v) is 6.78. The van der Waals surface area contributed by atoms with Gasteiger partial charge < -0.3 is 19.0 Å². The van der Waals surface area contributed by atoms with E-state index in [0.717, 1.165) is 10.9 Å². The Morgan fingerprint density at radius 3 is 2.59 bits per heavy atom. The van der Waals surface area contributed by atoms with Crippen LogP contribution in [0, 0.1) is 6.92 Å². The Morgan fingerprint density at radius 1 is 1.10 bits per heavy atom. The maximum atomic E-state index is 13.1. The van der Waals surface area contributed by atoms with Gasteiger partial charge in [-0.25, -0.2) is 0 Å². The molecule has 2 heterocycles. The van der Waals surface area contributed by atoms with Gasteiger partial charge in [0.25, 0.3) is 11.5 Å². The number of carbonyl (C=O) groups excluding carboxylic acids is 1. The quantitative estimate of drug-likeness (QED) is 0.554. The van der Waals surface area contributed by atoms with E-state index in [2.05, 4.69) is 4.98 Å². The Kier molecular flexibility index (Phi) is 4.91. The van der Waals surface area contributed by atoms with Crippen LogP contribution in [0.4, 0.5) is 5.69 Å². The van der Waals surface area contributed by atoms with E-state index in [4.69, 9.17) is 9.15 Å². The molecule has 0 atom stereocenters. The van der Waals surface area contributed by atoms with E-state index < -0.39 is 0 Å². The first kappa shape index (κ1) is 18.6. The average molecular weight is 388 g/mol. The zero-order valence-electron chi connectivity index (χ0n) is 16.1. The molecular weight excluding hydrogens is 368 g/mol. The van der Waals surface area contributed by atoms with Gasteiger partial charge in [0.05, 0.1) is 25.4 Å². The number of nitrogens with one attached hydrogen (secondary N) is 1. The molecule has 146 valence electrons. The first-order chi connectivity index (χ1) is 14.0. The Hall–Kier alpha value is -3.80.